The molecule has 0 aliphatic heterocycles. The number of hydrogen-bond donors (Lipinski definition) is 1. The molecule has 15 heavy (non-hydrogen) atoms. The van der Waals surface area contributed by atoms with Crippen LogP contribution in [0.25, 0.3) is 0 Å². The van der Waals surface area contributed by atoms with Crippen molar-refractivity contribution >= 4 is 0 Å². The molecule has 1 aromatic carbocycles. The predicted molar refractivity (Wildman–Crippen MR) is 62.2 cm³/mol. The summed E-state index contributed by atoms with van der Waals surface area (Å²) < 4.78 is 13.3. The highest BCUT2D eigenvalue weighted by molar-refractivity contribution is 5.16. The van der Waals surface area contributed by atoms with Gasteiger partial charge in [-0.15, -0.1) is 0 Å². The Labute approximate surface area is 91.7 Å². The van der Waals surface area contributed by atoms with E-state index in [0.717, 1.165) is 12.0 Å². The molecule has 0 saturated carbocycles. The van der Waals surface area contributed by atoms with Gasteiger partial charge in [-0.2, -0.15) is 0 Å². The third-order valence-corrected chi connectivity index (χ3v) is 2.42. The molecule has 0 amide bonds. The van der Waals surface area contributed by atoms with Gasteiger partial charge in [-0.3, -0.25) is 0 Å². The first kappa shape index (κ1) is 12.2. The van der Waals surface area contributed by atoms with Crippen molar-refractivity contribution in [3.05, 3.63) is 35.6 Å². The number of benzene rings is 1. The number of hydrogen-bond acceptors (Lipinski definition) is 1. The van der Waals surface area contributed by atoms with Crippen LogP contribution in [0.4, 0.5) is 4.39 Å². The van der Waals surface area contributed by atoms with Crippen LogP contribution < -0.4 is 5.32 Å². The van der Waals surface area contributed by atoms with Gasteiger partial charge in [0.2, 0.25) is 0 Å². The number of halogens is 1. The van der Waals surface area contributed by atoms with Gasteiger partial charge in [0.15, 0.2) is 0 Å². The van der Waals surface area contributed by atoms with E-state index in [1.807, 2.05) is 12.1 Å². The maximum absolute atomic E-state index is 13.3. The quantitative estimate of drug-likeness (QED) is 0.784. The summed E-state index contributed by atoms with van der Waals surface area (Å²) in [5, 5.41) is 3.33. The molecule has 1 unspecified atom stereocenters. The minimum Gasteiger partial charge on any atom is -0.310 e. The minimum atomic E-state index is -0.123. The van der Waals surface area contributed by atoms with Crippen molar-refractivity contribution in [2.24, 2.45) is 5.92 Å². The maximum Gasteiger partial charge on any atom is 0.127 e. The Morgan fingerprint density at radius 1 is 1.20 bits per heavy atom. The molecule has 84 valence electrons. The molecule has 0 fully saturated rings. The molecule has 1 aromatic rings. The summed E-state index contributed by atoms with van der Waals surface area (Å²) in [6.07, 6.45) is 1.12. The molecule has 2 heteroatoms. The first-order chi connectivity index (χ1) is 7.09. The summed E-state index contributed by atoms with van der Waals surface area (Å²) in [6, 6.07) is 7.35. The molecule has 1 rings (SSSR count). The Morgan fingerprint density at radius 3 is 2.47 bits per heavy atom. The molecule has 1 nitrogen and oxygen atoms in total. The van der Waals surface area contributed by atoms with E-state index in [4.69, 9.17) is 0 Å². The van der Waals surface area contributed by atoms with Crippen LogP contribution in [0, 0.1) is 11.7 Å². The van der Waals surface area contributed by atoms with Gasteiger partial charge in [-0.25, -0.2) is 4.39 Å². The predicted octanol–water partition coefficient (Wildman–Crippen LogP) is 3.35. The summed E-state index contributed by atoms with van der Waals surface area (Å²) >= 11 is 0. The van der Waals surface area contributed by atoms with E-state index in [0.29, 0.717) is 18.5 Å². The van der Waals surface area contributed by atoms with Gasteiger partial charge in [-0.1, -0.05) is 32.0 Å². The van der Waals surface area contributed by atoms with Crippen molar-refractivity contribution in [2.45, 2.75) is 39.8 Å². The van der Waals surface area contributed by atoms with Crippen LogP contribution in [0.1, 0.15) is 32.8 Å². The van der Waals surface area contributed by atoms with Gasteiger partial charge in [0.05, 0.1) is 0 Å². The van der Waals surface area contributed by atoms with E-state index in [2.05, 4.69) is 26.1 Å². The summed E-state index contributed by atoms with van der Waals surface area (Å²) in [7, 11) is 0. The van der Waals surface area contributed by atoms with Crippen LogP contribution in [0.3, 0.4) is 0 Å². The fourth-order valence-corrected chi connectivity index (χ4v) is 1.72. The van der Waals surface area contributed by atoms with Crippen molar-refractivity contribution < 1.29 is 4.39 Å². The van der Waals surface area contributed by atoms with Crippen LogP contribution in [0.2, 0.25) is 0 Å². The zero-order chi connectivity index (χ0) is 11.3. The molecule has 0 bridgehead atoms. The molecule has 1 atom stereocenters. The normalized spacial score (nSPS) is 13.1. The molecule has 0 saturated heterocycles. The molecule has 0 heterocycles. The van der Waals surface area contributed by atoms with Crippen molar-refractivity contribution in [2.75, 3.05) is 0 Å². The first-order valence-electron chi connectivity index (χ1n) is 5.56. The highest BCUT2D eigenvalue weighted by atomic mass is 19.1. The van der Waals surface area contributed by atoms with E-state index >= 15 is 0 Å². The van der Waals surface area contributed by atoms with Crippen molar-refractivity contribution in [1.29, 1.82) is 0 Å². The fourth-order valence-electron chi connectivity index (χ4n) is 1.72. The third-order valence-electron chi connectivity index (χ3n) is 2.42. The van der Waals surface area contributed by atoms with E-state index in [-0.39, 0.29) is 5.82 Å². The van der Waals surface area contributed by atoms with Gasteiger partial charge >= 0.3 is 0 Å². The molecule has 0 aliphatic rings. The molecule has 0 radical (unpaired) electrons. The van der Waals surface area contributed by atoms with Gasteiger partial charge < -0.3 is 5.32 Å². The second-order valence-electron chi connectivity index (χ2n) is 4.50. The zero-order valence-corrected chi connectivity index (χ0v) is 9.76. The van der Waals surface area contributed by atoms with Crippen LogP contribution >= 0.6 is 0 Å². The first-order valence-corrected chi connectivity index (χ1v) is 5.56. The van der Waals surface area contributed by atoms with Gasteiger partial charge in [0.1, 0.15) is 5.82 Å². The average molecular weight is 209 g/mol. The molecule has 1 N–H and O–H groups in total. The van der Waals surface area contributed by atoms with Crippen LogP contribution in [0.5, 0.6) is 0 Å². The summed E-state index contributed by atoms with van der Waals surface area (Å²) in [5.74, 6) is 0.551. The Hall–Kier alpha value is -0.890. The van der Waals surface area contributed by atoms with E-state index in [1.165, 1.54) is 6.07 Å². The van der Waals surface area contributed by atoms with Gasteiger partial charge in [0.25, 0.3) is 0 Å². The number of nitrogens with one attached hydrogen (secondary N) is 1. The fraction of sp³-hybridized carbons (Fsp3) is 0.538. The lowest BCUT2D eigenvalue weighted by molar-refractivity contribution is 0.437. The molecule has 0 aromatic heterocycles. The zero-order valence-electron chi connectivity index (χ0n) is 9.76. The van der Waals surface area contributed by atoms with E-state index in [1.54, 1.807) is 6.07 Å². The molecular formula is C13H20FN. The third kappa shape index (κ3) is 4.43. The minimum absolute atomic E-state index is 0.123. The highest BCUT2D eigenvalue weighted by Crippen LogP contribution is 2.08. The smallest absolute Gasteiger partial charge is 0.127 e. The second-order valence-corrected chi connectivity index (χ2v) is 4.50. The Morgan fingerprint density at radius 2 is 1.87 bits per heavy atom. The van der Waals surface area contributed by atoms with Crippen molar-refractivity contribution in [3.8, 4) is 0 Å². The van der Waals surface area contributed by atoms with Crippen LogP contribution in [-0.2, 0) is 6.54 Å². The Bertz CT molecular complexity index is 296. The van der Waals surface area contributed by atoms with Crippen molar-refractivity contribution in [3.63, 3.8) is 0 Å². The summed E-state index contributed by atoms with van der Waals surface area (Å²) in [5.41, 5.74) is 0.744. The topological polar surface area (TPSA) is 12.0 Å². The highest BCUT2D eigenvalue weighted by Gasteiger charge is 2.05. The maximum atomic E-state index is 13.3. The Kier molecular flexibility index (Phi) is 4.76. The standard InChI is InChI=1S/C13H20FN/c1-10(2)8-11(3)15-9-12-6-4-5-7-13(12)14/h4-7,10-11,15H,8-9H2,1-3H3. The lowest BCUT2D eigenvalue weighted by Crippen LogP contribution is -2.27. The van der Waals surface area contributed by atoms with Crippen molar-refractivity contribution in [1.82, 2.24) is 5.32 Å². The summed E-state index contributed by atoms with van der Waals surface area (Å²) in [4.78, 5) is 0. The van der Waals surface area contributed by atoms with Crippen LogP contribution in [-0.4, -0.2) is 6.04 Å². The number of rotatable bonds is 5. The van der Waals surface area contributed by atoms with Gasteiger partial charge in [-0.05, 0) is 25.3 Å². The van der Waals surface area contributed by atoms with Crippen LogP contribution in [0.15, 0.2) is 24.3 Å². The molecular weight excluding hydrogens is 189 g/mol. The molecule has 0 spiro atoms. The van der Waals surface area contributed by atoms with E-state index in [9.17, 15) is 4.39 Å². The Balaban J connectivity index is 2.40. The lowest BCUT2D eigenvalue weighted by atomic mass is 10.1. The molecule has 0 aliphatic carbocycles. The SMILES string of the molecule is CC(C)CC(C)NCc1ccccc1F. The average Bonchev–Trinajstić information content (AvgIpc) is 2.15. The van der Waals surface area contributed by atoms with Gasteiger partial charge in [0, 0.05) is 18.2 Å². The van der Waals surface area contributed by atoms with E-state index < -0.39 is 0 Å². The second kappa shape index (κ2) is 5.86. The summed E-state index contributed by atoms with van der Waals surface area (Å²) in [6.45, 7) is 7.14. The lowest BCUT2D eigenvalue weighted by Gasteiger charge is -2.16. The monoisotopic (exact) mass is 209 g/mol. The largest absolute Gasteiger partial charge is 0.310 e.